The van der Waals surface area contributed by atoms with Crippen molar-refractivity contribution in [1.29, 1.82) is 0 Å². The number of ether oxygens (including phenoxy) is 3. The predicted molar refractivity (Wildman–Crippen MR) is 230 cm³/mol. The molecule has 2 aliphatic rings. The lowest BCUT2D eigenvalue weighted by molar-refractivity contribution is -0.136. The Bertz CT molecular complexity index is 1800. The van der Waals surface area contributed by atoms with E-state index in [0.29, 0.717) is 34.8 Å². The Balaban J connectivity index is 1.08. The zero-order chi connectivity index (χ0) is 41.6. The number of benzene rings is 1. The number of imidazole rings is 1. The monoisotopic (exact) mass is 812 g/mol. The number of carbonyl (C=O) groups excluding carboxylic acids is 1. The lowest BCUT2D eigenvalue weighted by Crippen LogP contribution is -2.39. The van der Waals surface area contributed by atoms with Crippen LogP contribution in [0.4, 0.5) is 5.82 Å². The van der Waals surface area contributed by atoms with Crippen LogP contribution in [0.5, 0.6) is 11.5 Å². The molecule has 1 saturated heterocycles. The lowest BCUT2D eigenvalue weighted by Gasteiger charge is -2.38. The quantitative estimate of drug-likeness (QED) is 0.0522. The Morgan fingerprint density at radius 1 is 0.965 bits per heavy atom. The van der Waals surface area contributed by atoms with E-state index in [2.05, 4.69) is 56.5 Å². The first-order chi connectivity index (χ1) is 27.0. The van der Waals surface area contributed by atoms with Crippen molar-refractivity contribution in [1.82, 2.24) is 19.5 Å². The molecular weight excluding hydrogens is 741 g/mol. The van der Waals surface area contributed by atoms with Crippen molar-refractivity contribution in [2.75, 3.05) is 23.5 Å². The van der Waals surface area contributed by atoms with Crippen LogP contribution < -0.4 is 20.9 Å². The predicted octanol–water partition coefficient (Wildman–Crippen LogP) is 7.05. The molecule has 0 bridgehead atoms. The van der Waals surface area contributed by atoms with Crippen LogP contribution in [0.25, 0.3) is 11.2 Å². The minimum atomic E-state index is -1.18. The molecule has 0 amide bonds. The maximum absolute atomic E-state index is 13.4. The third-order valence-corrected chi connectivity index (χ3v) is 14.4. The van der Waals surface area contributed by atoms with E-state index in [0.717, 1.165) is 71.4 Å². The van der Waals surface area contributed by atoms with E-state index in [4.69, 9.17) is 25.7 Å². The summed E-state index contributed by atoms with van der Waals surface area (Å²) in [5, 5.41) is 21.7. The first kappa shape index (κ1) is 45.1. The summed E-state index contributed by atoms with van der Waals surface area (Å²) in [6.07, 6.45) is 14.7. The van der Waals surface area contributed by atoms with Gasteiger partial charge in [0.05, 0.1) is 12.6 Å². The van der Waals surface area contributed by atoms with Crippen molar-refractivity contribution < 1.29 is 29.2 Å². The highest BCUT2D eigenvalue weighted by Gasteiger charge is 2.47. The smallest absolute Gasteiger partial charge is 0.328 e. The van der Waals surface area contributed by atoms with E-state index in [9.17, 15) is 15.0 Å². The molecule has 2 aromatic heterocycles. The van der Waals surface area contributed by atoms with Crippen molar-refractivity contribution >= 4 is 33.8 Å². The third kappa shape index (κ3) is 11.2. The molecule has 0 spiro atoms. The number of esters is 1. The molecule has 2 aliphatic heterocycles. The third-order valence-electron chi connectivity index (χ3n) is 12.6. The van der Waals surface area contributed by atoms with Crippen LogP contribution in [0.2, 0.25) is 0 Å². The second kappa shape index (κ2) is 19.9. The highest BCUT2D eigenvalue weighted by molar-refractivity contribution is 7.96. The van der Waals surface area contributed by atoms with Crippen molar-refractivity contribution in [2.45, 2.75) is 169 Å². The topological polar surface area (TPSA) is 181 Å². The first-order valence-electron chi connectivity index (χ1n) is 21.3. The lowest BCUT2D eigenvalue weighted by atomic mass is 9.83. The molecule has 0 radical (unpaired) electrons. The summed E-state index contributed by atoms with van der Waals surface area (Å²) in [4.78, 5) is 25.8. The number of carbonyl (C=O) groups is 1. The van der Waals surface area contributed by atoms with Gasteiger partial charge in [-0.1, -0.05) is 72.6 Å². The molecule has 13 heteroatoms. The van der Waals surface area contributed by atoms with Gasteiger partial charge >= 0.3 is 5.97 Å². The van der Waals surface area contributed by atoms with Crippen LogP contribution in [0, 0.1) is 38.5 Å². The SMILES string of the molecule is Cc1c(C)c2c(c(C)c1OC(=O)C(N)CC[S+](C)CC1OC(n3cnc4c(N)ncnc43)C(O)C1O)CCC(C)(CCCC(C)CCCC(C)CCCC(C)C)O2. The highest BCUT2D eigenvalue weighted by Crippen LogP contribution is 2.45. The van der Waals surface area contributed by atoms with E-state index < -0.39 is 36.6 Å². The maximum Gasteiger partial charge on any atom is 0.328 e. The van der Waals surface area contributed by atoms with E-state index in [1.807, 2.05) is 20.1 Å². The largest absolute Gasteiger partial charge is 0.487 e. The summed E-state index contributed by atoms with van der Waals surface area (Å²) in [5.41, 5.74) is 16.9. The molecule has 318 valence electrons. The summed E-state index contributed by atoms with van der Waals surface area (Å²) in [5.74, 6) is 4.77. The second-order valence-electron chi connectivity index (χ2n) is 18.0. The number of hydrogen-bond acceptors (Lipinski definition) is 11. The Morgan fingerprint density at radius 3 is 2.32 bits per heavy atom. The number of aliphatic hydroxyl groups is 2. The number of anilines is 1. The van der Waals surface area contributed by atoms with Crippen molar-refractivity contribution in [3.8, 4) is 11.5 Å². The molecule has 0 aliphatic carbocycles. The van der Waals surface area contributed by atoms with Crippen LogP contribution in [0.15, 0.2) is 12.7 Å². The molecule has 4 heterocycles. The summed E-state index contributed by atoms with van der Waals surface area (Å²) in [6.45, 7) is 17.8. The van der Waals surface area contributed by atoms with Gasteiger partial charge in [-0.2, -0.15) is 0 Å². The van der Waals surface area contributed by atoms with Gasteiger partial charge in [-0.05, 0) is 98.7 Å². The molecule has 1 aromatic carbocycles. The molecule has 12 nitrogen and oxygen atoms in total. The van der Waals surface area contributed by atoms with Gasteiger partial charge < -0.3 is 35.9 Å². The van der Waals surface area contributed by atoms with E-state index in [-0.39, 0.29) is 22.3 Å². The summed E-state index contributed by atoms with van der Waals surface area (Å²) < 4.78 is 20.6. The van der Waals surface area contributed by atoms with Gasteiger partial charge in [0, 0.05) is 12.0 Å². The van der Waals surface area contributed by atoms with Gasteiger partial charge in [0.15, 0.2) is 17.7 Å². The fourth-order valence-corrected chi connectivity index (χ4v) is 10.2. The zero-order valence-electron chi connectivity index (χ0n) is 36.1. The van der Waals surface area contributed by atoms with Crippen LogP contribution in [-0.4, -0.2) is 83.4 Å². The minimum absolute atomic E-state index is 0.213. The number of hydrogen-bond donors (Lipinski definition) is 4. The molecule has 1 fully saturated rings. The van der Waals surface area contributed by atoms with Gasteiger partial charge in [-0.3, -0.25) is 4.57 Å². The van der Waals surface area contributed by atoms with E-state index in [1.165, 1.54) is 57.6 Å². The van der Waals surface area contributed by atoms with Gasteiger partial charge in [-0.25, -0.2) is 19.7 Å². The maximum atomic E-state index is 13.4. The van der Waals surface area contributed by atoms with Gasteiger partial charge in [0.2, 0.25) is 0 Å². The molecular formula is C44H71N6O6S+. The minimum Gasteiger partial charge on any atom is -0.487 e. The van der Waals surface area contributed by atoms with E-state index >= 15 is 0 Å². The van der Waals surface area contributed by atoms with Crippen LogP contribution >= 0.6 is 0 Å². The number of aromatic nitrogens is 4. The highest BCUT2D eigenvalue weighted by atomic mass is 32.2. The summed E-state index contributed by atoms with van der Waals surface area (Å²) >= 11 is 0. The van der Waals surface area contributed by atoms with Crippen LogP contribution in [0.1, 0.15) is 134 Å². The van der Waals surface area contributed by atoms with Crippen molar-refractivity contribution in [2.24, 2.45) is 23.5 Å². The standard InChI is InChI=1S/C44H71N6O6S/c1-26(2)13-10-14-27(3)15-11-16-28(4)17-12-20-44(8)21-18-32-31(7)38(29(5)30(6)39(32)56-44)55-43(53)33(45)19-22-57(9)23-34-36(51)37(52)42(54-34)50-25-49-35-40(46)47-24-48-41(35)50/h24-28,33-34,36-37,42,51-52H,10-23,45H2,1-9H3,(H2,46,47,48)/q+1. The second-order valence-corrected chi connectivity index (χ2v) is 20.3. The Kier molecular flexibility index (Phi) is 15.7. The van der Waals surface area contributed by atoms with Crippen LogP contribution in [-0.2, 0) is 26.8 Å². The Hall–Kier alpha value is -2.97. The summed E-state index contributed by atoms with van der Waals surface area (Å²) in [7, 11) is -0.276. The van der Waals surface area contributed by atoms with Gasteiger partial charge in [-0.15, -0.1) is 0 Å². The number of nitrogens with two attached hydrogens (primary N) is 2. The van der Waals surface area contributed by atoms with Crippen molar-refractivity contribution in [3.63, 3.8) is 0 Å². The average Bonchev–Trinajstić information content (AvgIpc) is 3.71. The molecule has 57 heavy (non-hydrogen) atoms. The fourth-order valence-electron chi connectivity index (χ4n) is 8.55. The van der Waals surface area contributed by atoms with Gasteiger partial charge in [0.25, 0.3) is 0 Å². The normalized spacial score (nSPS) is 24.3. The number of rotatable bonds is 20. The molecule has 9 unspecified atom stereocenters. The number of aliphatic hydroxyl groups excluding tert-OH is 2. The fraction of sp³-hybridized carbons (Fsp3) is 0.727. The first-order valence-corrected chi connectivity index (χ1v) is 23.3. The zero-order valence-corrected chi connectivity index (χ0v) is 36.9. The average molecular weight is 812 g/mol. The van der Waals surface area contributed by atoms with E-state index in [1.54, 1.807) is 4.57 Å². The van der Waals surface area contributed by atoms with Crippen LogP contribution in [0.3, 0.4) is 0 Å². The number of fused-ring (bicyclic) bond motifs is 2. The molecule has 9 atom stereocenters. The molecule has 6 N–H and O–H groups in total. The molecule has 0 saturated carbocycles. The molecule has 5 rings (SSSR count). The Labute approximate surface area is 343 Å². The molecule has 3 aromatic rings. The van der Waals surface area contributed by atoms with Gasteiger partial charge in [0.1, 0.15) is 64.8 Å². The van der Waals surface area contributed by atoms with Crippen molar-refractivity contribution in [3.05, 3.63) is 34.9 Å². The Morgan fingerprint density at radius 2 is 1.63 bits per heavy atom. The number of nitrogen functional groups attached to an aromatic ring is 1. The summed E-state index contributed by atoms with van der Waals surface area (Å²) in [6, 6.07) is -0.814. The number of nitrogens with zero attached hydrogens (tertiary/aromatic N) is 4.